The van der Waals surface area contributed by atoms with E-state index in [0.29, 0.717) is 11.1 Å². The van der Waals surface area contributed by atoms with Gasteiger partial charge < -0.3 is 20.4 Å². The zero-order valence-electron chi connectivity index (χ0n) is 25.4. The molecule has 0 bridgehead atoms. The van der Waals surface area contributed by atoms with Crippen LogP contribution in [0.4, 0.5) is 0 Å². The molecule has 43 heavy (non-hydrogen) atoms. The van der Waals surface area contributed by atoms with Crippen molar-refractivity contribution in [3.63, 3.8) is 0 Å². The average Bonchev–Trinajstić information content (AvgIpc) is 2.88. The van der Waals surface area contributed by atoms with Crippen molar-refractivity contribution in [3.8, 4) is 5.75 Å². The molecule has 4 N–H and O–H groups in total. The number of aliphatic hydroxyl groups is 3. The van der Waals surface area contributed by atoms with E-state index in [1.807, 2.05) is 31.2 Å². The molecule has 8 nitrogen and oxygen atoms in total. The Bertz CT molecular complexity index is 1660. The maximum absolute atomic E-state index is 14.2. The maximum Gasteiger partial charge on any atom is 0.209 e. The molecule has 1 unspecified atom stereocenters. The highest BCUT2D eigenvalue weighted by Gasteiger charge is 2.71. The van der Waals surface area contributed by atoms with Gasteiger partial charge in [-0.3, -0.25) is 19.2 Å². The lowest BCUT2D eigenvalue weighted by Crippen LogP contribution is -2.67. The zero-order valence-corrected chi connectivity index (χ0v) is 25.4. The quantitative estimate of drug-likeness (QED) is 0.345. The van der Waals surface area contributed by atoms with Crippen molar-refractivity contribution in [2.45, 2.75) is 72.8 Å². The molecule has 0 saturated carbocycles. The molecule has 0 amide bonds. The minimum Gasteiger partial charge on any atom is -0.511 e. The molecular weight excluding hydrogens is 548 g/mol. The number of phenolic OH excluding ortho intramolecular Hbond substituents is 1. The van der Waals surface area contributed by atoms with Crippen molar-refractivity contribution in [2.24, 2.45) is 22.7 Å². The van der Waals surface area contributed by atoms with Gasteiger partial charge in [-0.1, -0.05) is 63.6 Å². The number of aliphatic hydroxyl groups excluding tert-OH is 2. The molecule has 226 valence electrons. The van der Waals surface area contributed by atoms with Crippen molar-refractivity contribution in [2.75, 3.05) is 0 Å². The van der Waals surface area contributed by atoms with E-state index < -0.39 is 56.8 Å². The first-order chi connectivity index (χ1) is 20.0. The van der Waals surface area contributed by atoms with Gasteiger partial charge in [0.15, 0.2) is 17.2 Å². The Morgan fingerprint density at radius 2 is 1.60 bits per heavy atom. The van der Waals surface area contributed by atoms with Gasteiger partial charge in [0.25, 0.3) is 0 Å². The molecule has 0 radical (unpaired) electrons. The van der Waals surface area contributed by atoms with Crippen molar-refractivity contribution >= 4 is 23.1 Å². The van der Waals surface area contributed by atoms with E-state index in [1.54, 1.807) is 33.8 Å². The lowest BCUT2D eigenvalue weighted by atomic mass is 9.44. The van der Waals surface area contributed by atoms with Crippen LogP contribution in [0.2, 0.25) is 0 Å². The minimum absolute atomic E-state index is 0.00266. The van der Waals surface area contributed by atoms with Crippen LogP contribution in [0, 0.1) is 29.6 Å². The van der Waals surface area contributed by atoms with Gasteiger partial charge in [0.05, 0.1) is 5.56 Å². The summed E-state index contributed by atoms with van der Waals surface area (Å²) < 4.78 is 0. The van der Waals surface area contributed by atoms with Gasteiger partial charge in [-0.2, -0.15) is 0 Å². The highest BCUT2D eigenvalue weighted by molar-refractivity contribution is 6.25. The predicted octanol–water partition coefficient (Wildman–Crippen LogP) is 5.01. The molecule has 0 aromatic heterocycles. The van der Waals surface area contributed by atoms with E-state index in [-0.39, 0.29) is 54.3 Å². The summed E-state index contributed by atoms with van der Waals surface area (Å²) in [5, 5.41) is 46.0. The maximum atomic E-state index is 14.2. The summed E-state index contributed by atoms with van der Waals surface area (Å²) >= 11 is 0. The van der Waals surface area contributed by atoms with Gasteiger partial charge in [0.1, 0.15) is 28.6 Å². The van der Waals surface area contributed by atoms with Crippen molar-refractivity contribution in [1.29, 1.82) is 0 Å². The lowest BCUT2D eigenvalue weighted by Gasteiger charge is -2.59. The van der Waals surface area contributed by atoms with Gasteiger partial charge in [-0.25, -0.2) is 0 Å². The number of aryl methyl sites for hydroxylation is 1. The van der Waals surface area contributed by atoms with Crippen LogP contribution in [0.25, 0.3) is 0 Å². The van der Waals surface area contributed by atoms with Crippen molar-refractivity contribution < 1.29 is 39.6 Å². The fourth-order valence-electron chi connectivity index (χ4n) is 8.17. The van der Waals surface area contributed by atoms with Gasteiger partial charge in [-0.05, 0) is 55.4 Å². The number of benzene rings is 2. The second-order valence-electron chi connectivity index (χ2n) is 13.4. The molecule has 4 atom stereocenters. The number of fused-ring (bicyclic) bond motifs is 3. The van der Waals surface area contributed by atoms with E-state index in [1.165, 1.54) is 6.07 Å². The highest BCUT2D eigenvalue weighted by atomic mass is 16.3. The van der Waals surface area contributed by atoms with E-state index >= 15 is 0 Å². The normalized spacial score (nSPS) is 28.5. The van der Waals surface area contributed by atoms with Crippen LogP contribution in [-0.2, 0) is 33.6 Å². The fraction of sp³-hybridized carbons (Fsp3) is 0.429. The first-order valence-corrected chi connectivity index (χ1v) is 14.6. The average molecular weight is 587 g/mol. The number of phenols is 1. The summed E-state index contributed by atoms with van der Waals surface area (Å²) in [6.07, 6.45) is 0.339. The molecule has 8 heteroatoms. The minimum atomic E-state index is -2.66. The summed E-state index contributed by atoms with van der Waals surface area (Å²) in [5.41, 5.74) is -3.19. The highest BCUT2D eigenvalue weighted by Crippen LogP contribution is 2.65. The standard InChI is InChI=1S/C35H38O8/c1-17(2)27-29(39)25(19(4)36)31(41)35(43)32(42)28-30(40)26-23(15-33(28,5)16-34(27,35)6)21(11-12-24(26)38)14-22(37)13-20-9-7-18(3)8-10-20/h7-12,17,27,38-39,42-43H,13-16H2,1-6H3/t27?,33-,34-,35+/m1/s1. The Kier molecular flexibility index (Phi) is 7.08. The van der Waals surface area contributed by atoms with Crippen LogP contribution in [0.15, 0.2) is 59.1 Å². The van der Waals surface area contributed by atoms with Gasteiger partial charge in [0.2, 0.25) is 5.78 Å². The summed E-state index contributed by atoms with van der Waals surface area (Å²) in [7, 11) is 0. The second-order valence-corrected chi connectivity index (χ2v) is 13.4. The number of hydrogen-bond acceptors (Lipinski definition) is 8. The fourth-order valence-corrected chi connectivity index (χ4v) is 8.17. The summed E-state index contributed by atoms with van der Waals surface area (Å²) in [4.78, 5) is 53.6. The van der Waals surface area contributed by atoms with Gasteiger partial charge in [0, 0.05) is 35.2 Å². The first kappa shape index (κ1) is 30.4. The van der Waals surface area contributed by atoms with E-state index in [2.05, 4.69) is 0 Å². The number of allylic oxidation sites excluding steroid dienone is 2. The number of carbonyl (C=O) groups excluding carboxylic acids is 4. The monoisotopic (exact) mass is 586 g/mol. The van der Waals surface area contributed by atoms with Crippen LogP contribution >= 0.6 is 0 Å². The molecule has 2 aromatic rings. The zero-order chi connectivity index (χ0) is 31.8. The van der Waals surface area contributed by atoms with Crippen LogP contribution < -0.4 is 0 Å². The third kappa shape index (κ3) is 4.29. The van der Waals surface area contributed by atoms with Gasteiger partial charge in [-0.15, -0.1) is 0 Å². The van der Waals surface area contributed by atoms with Crippen molar-refractivity contribution in [1.82, 2.24) is 0 Å². The van der Waals surface area contributed by atoms with E-state index in [9.17, 15) is 39.6 Å². The number of hydrogen-bond donors (Lipinski definition) is 4. The smallest absolute Gasteiger partial charge is 0.209 e. The number of rotatable bonds is 6. The third-order valence-corrected chi connectivity index (χ3v) is 9.90. The predicted molar refractivity (Wildman–Crippen MR) is 159 cm³/mol. The number of aromatic hydroxyl groups is 1. The lowest BCUT2D eigenvalue weighted by molar-refractivity contribution is -0.171. The molecule has 0 aliphatic heterocycles. The summed E-state index contributed by atoms with van der Waals surface area (Å²) in [6.45, 7) is 9.98. The third-order valence-electron chi connectivity index (χ3n) is 9.90. The SMILES string of the molecule is CC(=O)C1=C(O)C(C(C)C)[C@@]2(C)C[C@@]3(C)Cc4c(CC(=O)Cc5ccc(C)cc5)ccc(O)c4C(=O)C3=C(O)[C@@]2(O)C1=O. The molecule has 0 saturated heterocycles. The molecular formula is C35H38O8. The summed E-state index contributed by atoms with van der Waals surface area (Å²) in [5.74, 6) is -5.62. The summed E-state index contributed by atoms with van der Waals surface area (Å²) in [6, 6.07) is 10.6. The number of Topliss-reactive ketones (excluding diaryl/α,β-unsaturated/α-hetero) is 4. The van der Waals surface area contributed by atoms with E-state index in [4.69, 9.17) is 0 Å². The van der Waals surface area contributed by atoms with Crippen LogP contribution in [-0.4, -0.2) is 49.2 Å². The molecule has 5 rings (SSSR count). The second kappa shape index (κ2) is 10.0. The number of ketones is 4. The topological polar surface area (TPSA) is 149 Å². The Labute approximate surface area is 250 Å². The van der Waals surface area contributed by atoms with Crippen molar-refractivity contribution in [3.05, 3.63) is 86.9 Å². The first-order valence-electron chi connectivity index (χ1n) is 14.6. The van der Waals surface area contributed by atoms with Crippen LogP contribution in [0.3, 0.4) is 0 Å². The molecule has 0 heterocycles. The largest absolute Gasteiger partial charge is 0.511 e. The molecule has 0 spiro atoms. The number of carbonyl (C=O) groups is 4. The Morgan fingerprint density at radius 3 is 2.19 bits per heavy atom. The van der Waals surface area contributed by atoms with Crippen LogP contribution in [0.5, 0.6) is 5.75 Å². The molecule has 3 aliphatic carbocycles. The Balaban J connectivity index is 1.65. The van der Waals surface area contributed by atoms with Gasteiger partial charge >= 0.3 is 0 Å². The molecule has 2 aromatic carbocycles. The van der Waals surface area contributed by atoms with Crippen LogP contribution in [0.1, 0.15) is 73.7 Å². The van der Waals surface area contributed by atoms with E-state index in [0.717, 1.165) is 18.1 Å². The molecule has 3 aliphatic rings. The molecule has 0 fully saturated rings. The Morgan fingerprint density at radius 1 is 0.977 bits per heavy atom. The Hall–Kier alpha value is -4.04.